The highest BCUT2D eigenvalue weighted by atomic mass is 35.5. The van der Waals surface area contributed by atoms with Crippen molar-refractivity contribution in [3.8, 4) is 0 Å². The molecule has 0 saturated carbocycles. The second-order valence-electron chi connectivity index (χ2n) is 4.09. The third-order valence-electron chi connectivity index (χ3n) is 2.86. The lowest BCUT2D eigenvalue weighted by Crippen LogP contribution is -2.23. The van der Waals surface area contributed by atoms with E-state index in [1.807, 2.05) is 17.5 Å². The Labute approximate surface area is 107 Å². The second kappa shape index (κ2) is 7.05. The number of hydrogen-bond acceptors (Lipinski definition) is 3. The van der Waals surface area contributed by atoms with E-state index in [-0.39, 0.29) is 12.4 Å². The first-order valence-corrected chi connectivity index (χ1v) is 6.49. The van der Waals surface area contributed by atoms with E-state index in [0.29, 0.717) is 12.2 Å². The number of carbonyl (C=O) groups excluding carboxylic acids is 1. The van der Waals surface area contributed by atoms with Crippen LogP contribution in [0.4, 0.5) is 0 Å². The molecular weight excluding hydrogens is 242 g/mol. The van der Waals surface area contributed by atoms with Gasteiger partial charge < -0.3 is 4.90 Å². The Morgan fingerprint density at radius 3 is 2.75 bits per heavy atom. The van der Waals surface area contributed by atoms with E-state index < -0.39 is 0 Å². The van der Waals surface area contributed by atoms with Gasteiger partial charge in [0.05, 0.1) is 0 Å². The molecule has 16 heavy (non-hydrogen) atoms. The molecule has 1 aromatic heterocycles. The minimum Gasteiger partial charge on any atom is -0.303 e. The summed E-state index contributed by atoms with van der Waals surface area (Å²) in [6.07, 6.45) is 3.96. The van der Waals surface area contributed by atoms with Gasteiger partial charge in [-0.05, 0) is 37.4 Å². The van der Waals surface area contributed by atoms with Crippen molar-refractivity contribution in [2.45, 2.75) is 25.7 Å². The first kappa shape index (κ1) is 13.7. The van der Waals surface area contributed by atoms with Crippen LogP contribution < -0.4 is 0 Å². The van der Waals surface area contributed by atoms with Gasteiger partial charge in [-0.1, -0.05) is 6.07 Å². The van der Waals surface area contributed by atoms with Crippen LogP contribution in [-0.4, -0.2) is 30.3 Å². The molecule has 0 radical (unpaired) electrons. The maximum absolute atomic E-state index is 11.6. The summed E-state index contributed by atoms with van der Waals surface area (Å²) < 4.78 is 0. The molecule has 1 aliphatic rings. The Hall–Kier alpha value is -0.380. The number of carbonyl (C=O) groups is 1. The van der Waals surface area contributed by atoms with Crippen molar-refractivity contribution in [1.82, 2.24) is 4.90 Å². The Morgan fingerprint density at radius 2 is 2.12 bits per heavy atom. The Morgan fingerprint density at radius 1 is 1.38 bits per heavy atom. The zero-order valence-corrected chi connectivity index (χ0v) is 11.0. The summed E-state index contributed by atoms with van der Waals surface area (Å²) in [5, 5.41) is 2.03. The van der Waals surface area contributed by atoms with Gasteiger partial charge in [0.2, 0.25) is 0 Å². The quantitative estimate of drug-likeness (QED) is 0.811. The molecule has 0 spiro atoms. The fourth-order valence-corrected chi connectivity index (χ4v) is 2.72. The minimum absolute atomic E-state index is 0. The standard InChI is InChI=1S/C12H17NOS.ClH/c14-11(10-12-4-3-9-15-12)5-8-13-6-1-2-7-13;/h3-4,9H,1-2,5-8,10H2;1H. The lowest BCUT2D eigenvalue weighted by Gasteiger charge is -2.12. The number of ketones is 1. The lowest BCUT2D eigenvalue weighted by molar-refractivity contribution is -0.118. The Kier molecular flexibility index (Phi) is 6.03. The molecule has 0 aliphatic carbocycles. The Balaban J connectivity index is 0.00000128. The van der Waals surface area contributed by atoms with Crippen LogP contribution in [0.2, 0.25) is 0 Å². The molecule has 0 unspecified atom stereocenters. The van der Waals surface area contributed by atoms with Crippen LogP contribution in [0.5, 0.6) is 0 Å². The van der Waals surface area contributed by atoms with Crippen molar-refractivity contribution in [2.75, 3.05) is 19.6 Å². The molecule has 0 aromatic carbocycles. The van der Waals surface area contributed by atoms with E-state index in [0.717, 1.165) is 13.0 Å². The van der Waals surface area contributed by atoms with Crippen LogP contribution in [0.1, 0.15) is 24.1 Å². The average molecular weight is 260 g/mol. The molecule has 0 bridgehead atoms. The molecule has 0 atom stereocenters. The van der Waals surface area contributed by atoms with Crippen LogP contribution in [0.3, 0.4) is 0 Å². The normalized spacial score (nSPS) is 16.0. The van der Waals surface area contributed by atoms with Gasteiger partial charge >= 0.3 is 0 Å². The van der Waals surface area contributed by atoms with Gasteiger partial charge in [0.25, 0.3) is 0 Å². The third kappa shape index (κ3) is 4.24. The molecule has 1 saturated heterocycles. The molecule has 2 nitrogen and oxygen atoms in total. The smallest absolute Gasteiger partial charge is 0.139 e. The summed E-state index contributed by atoms with van der Waals surface area (Å²) in [7, 11) is 0. The lowest BCUT2D eigenvalue weighted by atomic mass is 10.2. The van der Waals surface area contributed by atoms with Gasteiger partial charge in [0, 0.05) is 24.3 Å². The van der Waals surface area contributed by atoms with E-state index in [1.165, 1.54) is 30.8 Å². The molecule has 90 valence electrons. The molecular formula is C12H18ClNOS. The molecule has 2 rings (SSSR count). The van der Waals surface area contributed by atoms with Crippen LogP contribution in [0, 0.1) is 0 Å². The maximum Gasteiger partial charge on any atom is 0.139 e. The summed E-state index contributed by atoms with van der Waals surface area (Å²) in [6, 6.07) is 4.05. The summed E-state index contributed by atoms with van der Waals surface area (Å²) in [6.45, 7) is 3.34. The van der Waals surface area contributed by atoms with Crippen molar-refractivity contribution in [1.29, 1.82) is 0 Å². The van der Waals surface area contributed by atoms with Crippen molar-refractivity contribution in [3.63, 3.8) is 0 Å². The van der Waals surface area contributed by atoms with Crippen LogP contribution >= 0.6 is 23.7 Å². The summed E-state index contributed by atoms with van der Waals surface area (Å²) in [5.74, 6) is 0.379. The third-order valence-corrected chi connectivity index (χ3v) is 3.73. The summed E-state index contributed by atoms with van der Waals surface area (Å²) in [4.78, 5) is 15.2. The zero-order chi connectivity index (χ0) is 10.5. The van der Waals surface area contributed by atoms with E-state index >= 15 is 0 Å². The number of nitrogens with zero attached hydrogens (tertiary/aromatic N) is 1. The molecule has 0 N–H and O–H groups in total. The van der Waals surface area contributed by atoms with Crippen molar-refractivity contribution in [3.05, 3.63) is 22.4 Å². The summed E-state index contributed by atoms with van der Waals surface area (Å²) >= 11 is 1.67. The van der Waals surface area contributed by atoms with Gasteiger partial charge in [-0.2, -0.15) is 0 Å². The van der Waals surface area contributed by atoms with Crippen molar-refractivity contribution < 1.29 is 4.79 Å². The molecule has 1 fully saturated rings. The largest absolute Gasteiger partial charge is 0.303 e. The molecule has 1 aliphatic heterocycles. The van der Waals surface area contributed by atoms with Crippen LogP contribution in [0.25, 0.3) is 0 Å². The number of halogens is 1. The van der Waals surface area contributed by atoms with Gasteiger partial charge in [-0.3, -0.25) is 4.79 Å². The summed E-state index contributed by atoms with van der Waals surface area (Å²) in [5.41, 5.74) is 0. The molecule has 0 amide bonds. The van der Waals surface area contributed by atoms with E-state index in [4.69, 9.17) is 0 Å². The maximum atomic E-state index is 11.6. The predicted octanol–water partition coefficient (Wildman–Crippen LogP) is 2.77. The SMILES string of the molecule is Cl.O=C(CCN1CCCC1)Cc1cccs1. The second-order valence-corrected chi connectivity index (χ2v) is 5.13. The highest BCUT2D eigenvalue weighted by Crippen LogP contribution is 2.12. The van der Waals surface area contributed by atoms with Crippen LogP contribution in [-0.2, 0) is 11.2 Å². The molecule has 2 heterocycles. The first-order valence-electron chi connectivity index (χ1n) is 5.61. The fourth-order valence-electron chi connectivity index (χ4n) is 1.98. The van der Waals surface area contributed by atoms with Gasteiger partial charge in [0.15, 0.2) is 0 Å². The average Bonchev–Trinajstić information content (AvgIpc) is 2.86. The number of Topliss-reactive ketones (excluding diaryl/α,β-unsaturated/α-hetero) is 1. The van der Waals surface area contributed by atoms with E-state index in [1.54, 1.807) is 11.3 Å². The van der Waals surface area contributed by atoms with Crippen LogP contribution in [0.15, 0.2) is 17.5 Å². The number of thiophene rings is 1. The van der Waals surface area contributed by atoms with E-state index in [9.17, 15) is 4.79 Å². The highest BCUT2D eigenvalue weighted by molar-refractivity contribution is 7.10. The topological polar surface area (TPSA) is 20.3 Å². The number of likely N-dealkylation sites (tertiary alicyclic amines) is 1. The predicted molar refractivity (Wildman–Crippen MR) is 70.6 cm³/mol. The van der Waals surface area contributed by atoms with Gasteiger partial charge in [-0.25, -0.2) is 0 Å². The fraction of sp³-hybridized carbons (Fsp3) is 0.583. The zero-order valence-electron chi connectivity index (χ0n) is 9.35. The van der Waals surface area contributed by atoms with Gasteiger partial charge in [-0.15, -0.1) is 23.7 Å². The highest BCUT2D eigenvalue weighted by Gasteiger charge is 2.13. The van der Waals surface area contributed by atoms with Crippen molar-refractivity contribution >= 4 is 29.5 Å². The number of rotatable bonds is 5. The molecule has 4 heteroatoms. The minimum atomic E-state index is 0. The Bertz CT molecular complexity index is 307. The molecule has 1 aromatic rings. The van der Waals surface area contributed by atoms with Crippen molar-refractivity contribution in [2.24, 2.45) is 0 Å². The first-order chi connectivity index (χ1) is 7.34. The monoisotopic (exact) mass is 259 g/mol. The van der Waals surface area contributed by atoms with Gasteiger partial charge in [0.1, 0.15) is 5.78 Å². The number of hydrogen-bond donors (Lipinski definition) is 0. The van der Waals surface area contributed by atoms with E-state index in [2.05, 4.69) is 4.90 Å².